The molecule has 0 bridgehead atoms. The summed E-state index contributed by atoms with van der Waals surface area (Å²) in [6.45, 7) is 5.18. The van der Waals surface area contributed by atoms with Gasteiger partial charge in [-0.15, -0.1) is 0 Å². The summed E-state index contributed by atoms with van der Waals surface area (Å²) in [6.07, 6.45) is 1.92. The number of hydrogen-bond acceptors (Lipinski definition) is 4. The number of benzene rings is 1. The number of hydrogen-bond donors (Lipinski definition) is 1. The smallest absolute Gasteiger partial charge is 0.231 e. The summed E-state index contributed by atoms with van der Waals surface area (Å²) in [5, 5.41) is 0.516. The first-order valence-corrected chi connectivity index (χ1v) is 7.47. The van der Waals surface area contributed by atoms with Gasteiger partial charge in [-0.2, -0.15) is 0 Å². The van der Waals surface area contributed by atoms with Crippen LogP contribution < -0.4 is 15.2 Å². The van der Waals surface area contributed by atoms with Gasteiger partial charge in [0.25, 0.3) is 0 Å². The molecule has 3 rings (SSSR count). The van der Waals surface area contributed by atoms with E-state index in [0.29, 0.717) is 22.3 Å². The predicted molar refractivity (Wildman–Crippen MR) is 82.9 cm³/mol. The number of aryl methyl sites for hydroxylation is 1. The minimum atomic E-state index is 0.193. The molecule has 0 saturated carbocycles. The van der Waals surface area contributed by atoms with E-state index in [0.717, 1.165) is 36.5 Å². The fourth-order valence-electron chi connectivity index (χ4n) is 2.60. The van der Waals surface area contributed by atoms with Gasteiger partial charge in [0.05, 0.1) is 5.02 Å². The quantitative estimate of drug-likeness (QED) is 0.939. The van der Waals surface area contributed by atoms with Gasteiger partial charge in [0.1, 0.15) is 17.3 Å². The summed E-state index contributed by atoms with van der Waals surface area (Å²) in [4.78, 5) is 4.69. The van der Waals surface area contributed by atoms with Crippen molar-refractivity contribution in [3.63, 3.8) is 0 Å². The molecule has 0 radical (unpaired) electrons. The van der Waals surface area contributed by atoms with Gasteiger partial charge in [-0.1, -0.05) is 18.5 Å². The molecule has 0 fully saturated rings. The van der Waals surface area contributed by atoms with Gasteiger partial charge in [-0.05, 0) is 25.5 Å². The maximum absolute atomic E-state index is 6.26. The average molecular weight is 308 g/mol. The van der Waals surface area contributed by atoms with Gasteiger partial charge in [-0.3, -0.25) is 0 Å². The van der Waals surface area contributed by atoms with Gasteiger partial charge in [0.2, 0.25) is 6.79 Å². The molecule has 112 valence electrons. The van der Waals surface area contributed by atoms with Crippen LogP contribution in [0.2, 0.25) is 5.02 Å². The number of fused-ring (bicyclic) bond motifs is 1. The molecule has 6 heteroatoms. The van der Waals surface area contributed by atoms with E-state index in [1.807, 2.05) is 16.7 Å². The van der Waals surface area contributed by atoms with Gasteiger partial charge in [0, 0.05) is 18.5 Å². The average Bonchev–Trinajstić information content (AvgIpc) is 3.04. The summed E-state index contributed by atoms with van der Waals surface area (Å²) in [5.41, 5.74) is 7.86. The predicted octanol–water partition coefficient (Wildman–Crippen LogP) is 3.49. The second-order valence-electron chi connectivity index (χ2n) is 4.95. The van der Waals surface area contributed by atoms with Crippen molar-refractivity contribution in [3.05, 3.63) is 23.0 Å². The molecule has 1 aliphatic rings. The fourth-order valence-corrected chi connectivity index (χ4v) is 2.86. The fraction of sp³-hybridized carbons (Fsp3) is 0.400. The Morgan fingerprint density at radius 2 is 2.14 bits per heavy atom. The van der Waals surface area contributed by atoms with Crippen LogP contribution >= 0.6 is 11.6 Å². The summed E-state index contributed by atoms with van der Waals surface area (Å²) >= 11 is 6.24. The maximum atomic E-state index is 6.26. The molecule has 0 spiro atoms. The molecule has 0 amide bonds. The molecule has 0 unspecified atom stereocenters. The number of halogens is 1. The first-order valence-electron chi connectivity index (χ1n) is 7.10. The van der Waals surface area contributed by atoms with Crippen LogP contribution in [-0.2, 0) is 13.0 Å². The van der Waals surface area contributed by atoms with Crippen LogP contribution in [0.3, 0.4) is 0 Å². The Balaban J connectivity index is 2.10. The summed E-state index contributed by atoms with van der Waals surface area (Å²) in [7, 11) is 0. The zero-order valence-electron chi connectivity index (χ0n) is 12.1. The van der Waals surface area contributed by atoms with Gasteiger partial charge < -0.3 is 19.8 Å². The van der Waals surface area contributed by atoms with E-state index in [1.165, 1.54) is 0 Å². The molecular weight excluding hydrogens is 290 g/mol. The molecular formula is C15H18ClN3O2. The lowest BCUT2D eigenvalue weighted by Gasteiger charge is -2.06. The zero-order chi connectivity index (χ0) is 15.0. The highest BCUT2D eigenvalue weighted by molar-refractivity contribution is 6.32. The molecule has 2 aromatic rings. The SMILES string of the molecule is CCCc1nc(-c2cc(Cl)c3c(c2)OCO3)c(N)n1CC. The van der Waals surface area contributed by atoms with Crippen molar-refractivity contribution >= 4 is 17.4 Å². The lowest BCUT2D eigenvalue weighted by atomic mass is 10.1. The van der Waals surface area contributed by atoms with Crippen LogP contribution in [-0.4, -0.2) is 16.3 Å². The highest BCUT2D eigenvalue weighted by atomic mass is 35.5. The molecule has 5 nitrogen and oxygen atoms in total. The Bertz CT molecular complexity index is 682. The van der Waals surface area contributed by atoms with E-state index < -0.39 is 0 Å². The second kappa shape index (κ2) is 5.48. The number of aromatic nitrogens is 2. The highest BCUT2D eigenvalue weighted by Gasteiger charge is 2.22. The number of ether oxygens (including phenoxy) is 2. The van der Waals surface area contributed by atoms with E-state index in [-0.39, 0.29) is 6.79 Å². The molecule has 0 saturated heterocycles. The highest BCUT2D eigenvalue weighted by Crippen LogP contribution is 2.43. The summed E-state index contributed by atoms with van der Waals surface area (Å²) < 4.78 is 12.8. The Hall–Kier alpha value is -1.88. The van der Waals surface area contributed by atoms with Gasteiger partial charge >= 0.3 is 0 Å². The first-order chi connectivity index (χ1) is 10.2. The number of rotatable bonds is 4. The first kappa shape index (κ1) is 14.1. The Labute approximate surface area is 128 Å². The normalized spacial score (nSPS) is 12.9. The second-order valence-corrected chi connectivity index (χ2v) is 5.36. The Morgan fingerprint density at radius 3 is 2.86 bits per heavy atom. The third-order valence-electron chi connectivity index (χ3n) is 3.58. The van der Waals surface area contributed by atoms with E-state index in [9.17, 15) is 0 Å². The lowest BCUT2D eigenvalue weighted by Crippen LogP contribution is -2.05. The maximum Gasteiger partial charge on any atom is 0.231 e. The molecule has 0 atom stereocenters. The molecule has 1 aromatic heterocycles. The molecule has 1 aliphatic heterocycles. The van der Waals surface area contributed by atoms with Crippen LogP contribution in [0.5, 0.6) is 11.5 Å². The van der Waals surface area contributed by atoms with Crippen LogP contribution in [0.25, 0.3) is 11.3 Å². The molecule has 21 heavy (non-hydrogen) atoms. The molecule has 1 aromatic carbocycles. The van der Waals surface area contributed by atoms with Crippen molar-refractivity contribution in [2.45, 2.75) is 33.2 Å². The molecule has 2 heterocycles. The van der Waals surface area contributed by atoms with Crippen LogP contribution in [0.1, 0.15) is 26.1 Å². The van der Waals surface area contributed by atoms with Gasteiger partial charge in [0.15, 0.2) is 11.5 Å². The van der Waals surface area contributed by atoms with Gasteiger partial charge in [-0.25, -0.2) is 4.98 Å². The van der Waals surface area contributed by atoms with E-state index >= 15 is 0 Å². The van der Waals surface area contributed by atoms with E-state index in [1.54, 1.807) is 0 Å². The summed E-state index contributed by atoms with van der Waals surface area (Å²) in [6, 6.07) is 3.70. The van der Waals surface area contributed by atoms with Crippen molar-refractivity contribution < 1.29 is 9.47 Å². The number of imidazole rings is 1. The van der Waals surface area contributed by atoms with Crippen LogP contribution in [0, 0.1) is 0 Å². The lowest BCUT2D eigenvalue weighted by molar-refractivity contribution is 0.174. The minimum absolute atomic E-state index is 0.193. The minimum Gasteiger partial charge on any atom is -0.454 e. The molecule has 2 N–H and O–H groups in total. The monoisotopic (exact) mass is 307 g/mol. The van der Waals surface area contributed by atoms with Crippen molar-refractivity contribution in [2.75, 3.05) is 12.5 Å². The summed E-state index contributed by atoms with van der Waals surface area (Å²) in [5.74, 6) is 2.89. The Morgan fingerprint density at radius 1 is 1.33 bits per heavy atom. The van der Waals surface area contributed by atoms with Crippen molar-refractivity contribution in [1.82, 2.24) is 9.55 Å². The Kier molecular flexibility index (Phi) is 3.68. The molecule has 0 aliphatic carbocycles. The van der Waals surface area contributed by atoms with Crippen molar-refractivity contribution in [2.24, 2.45) is 0 Å². The van der Waals surface area contributed by atoms with E-state index in [2.05, 4.69) is 13.8 Å². The topological polar surface area (TPSA) is 62.3 Å². The number of anilines is 1. The largest absolute Gasteiger partial charge is 0.454 e. The van der Waals surface area contributed by atoms with Crippen molar-refractivity contribution in [3.8, 4) is 22.8 Å². The number of nitrogen functional groups attached to an aromatic ring is 1. The zero-order valence-corrected chi connectivity index (χ0v) is 12.9. The third-order valence-corrected chi connectivity index (χ3v) is 3.86. The van der Waals surface area contributed by atoms with Crippen molar-refractivity contribution in [1.29, 1.82) is 0 Å². The van der Waals surface area contributed by atoms with Crippen LogP contribution in [0.15, 0.2) is 12.1 Å². The van der Waals surface area contributed by atoms with Crippen LogP contribution in [0.4, 0.5) is 5.82 Å². The third kappa shape index (κ3) is 2.31. The standard InChI is InChI=1S/C15H18ClN3O2/c1-3-5-12-18-13(15(17)19(12)4-2)9-6-10(16)14-11(7-9)20-8-21-14/h6-7H,3-5,8,17H2,1-2H3. The van der Waals surface area contributed by atoms with E-state index in [4.69, 9.17) is 31.8 Å². The number of nitrogens with two attached hydrogens (primary N) is 1. The number of nitrogens with zero attached hydrogens (tertiary/aromatic N) is 2.